The molecule has 2 unspecified atom stereocenters. The Labute approximate surface area is 294 Å². The Balaban J connectivity index is 1.81. The summed E-state index contributed by atoms with van der Waals surface area (Å²) < 4.78 is 36.6. The molecular formula is C36H39Br2N3O5S. The molecule has 47 heavy (non-hydrogen) atoms. The molecule has 11 heteroatoms. The molecule has 0 saturated heterocycles. The highest BCUT2D eigenvalue weighted by Crippen LogP contribution is 2.28. The van der Waals surface area contributed by atoms with Crippen LogP contribution in [0.2, 0.25) is 0 Å². The fourth-order valence-corrected chi connectivity index (χ4v) is 7.09. The fourth-order valence-electron chi connectivity index (χ4n) is 4.96. The maximum absolute atomic E-state index is 14.6. The van der Waals surface area contributed by atoms with Crippen LogP contribution in [-0.4, -0.2) is 50.4 Å². The molecule has 2 atom stereocenters. The first-order chi connectivity index (χ1) is 22.5. The maximum atomic E-state index is 14.6. The van der Waals surface area contributed by atoms with Crippen molar-refractivity contribution in [2.45, 2.75) is 57.1 Å². The normalized spacial score (nSPS) is 12.5. The van der Waals surface area contributed by atoms with Gasteiger partial charge in [0.25, 0.3) is 10.0 Å². The second kappa shape index (κ2) is 16.9. The molecule has 8 nitrogen and oxygen atoms in total. The largest absolute Gasteiger partial charge is 0.494 e. The van der Waals surface area contributed by atoms with Gasteiger partial charge in [-0.05, 0) is 92.1 Å². The molecule has 4 rings (SSSR count). The molecule has 0 aliphatic rings. The number of anilines is 1. The van der Waals surface area contributed by atoms with Crippen LogP contribution in [0.3, 0.4) is 0 Å². The summed E-state index contributed by atoms with van der Waals surface area (Å²) in [6.07, 6.45) is 0.950. The van der Waals surface area contributed by atoms with Gasteiger partial charge in [-0.3, -0.25) is 13.9 Å². The lowest BCUT2D eigenvalue weighted by molar-refractivity contribution is -0.140. The minimum absolute atomic E-state index is 0.0243. The smallest absolute Gasteiger partial charge is 0.264 e. The summed E-state index contributed by atoms with van der Waals surface area (Å²) in [7, 11) is -4.22. The molecule has 0 aromatic heterocycles. The van der Waals surface area contributed by atoms with Crippen molar-refractivity contribution < 1.29 is 22.7 Å². The molecule has 4 aromatic carbocycles. The topological polar surface area (TPSA) is 96.0 Å². The van der Waals surface area contributed by atoms with Crippen LogP contribution in [0.1, 0.15) is 38.3 Å². The zero-order valence-corrected chi connectivity index (χ0v) is 30.6. The number of amides is 2. The first-order valence-electron chi connectivity index (χ1n) is 15.4. The van der Waals surface area contributed by atoms with Gasteiger partial charge in [-0.25, -0.2) is 8.42 Å². The Kier molecular flexibility index (Phi) is 13.0. The molecule has 0 aliphatic carbocycles. The minimum atomic E-state index is -4.22. The van der Waals surface area contributed by atoms with Crippen molar-refractivity contribution >= 4 is 59.4 Å². The van der Waals surface area contributed by atoms with Crippen LogP contribution in [0.25, 0.3) is 0 Å². The Morgan fingerprint density at radius 2 is 1.49 bits per heavy atom. The molecule has 0 spiro atoms. The summed E-state index contributed by atoms with van der Waals surface area (Å²) in [4.78, 5) is 30.1. The SMILES string of the molecule is CCOc1ccc(N(CC(=O)N(Cc2cccc(Br)c2)C(Cc2ccccc2)C(=O)NC(C)CC)S(=O)(=O)c2ccc(Br)cc2)cc1. The predicted octanol–water partition coefficient (Wildman–Crippen LogP) is 7.36. The van der Waals surface area contributed by atoms with Gasteiger partial charge in [0.1, 0.15) is 18.3 Å². The van der Waals surface area contributed by atoms with Crippen LogP contribution in [0.4, 0.5) is 5.69 Å². The second-order valence-electron chi connectivity index (χ2n) is 11.1. The number of hydrogen-bond acceptors (Lipinski definition) is 5. The van der Waals surface area contributed by atoms with Crippen LogP contribution in [0.5, 0.6) is 5.75 Å². The molecule has 4 aromatic rings. The van der Waals surface area contributed by atoms with E-state index in [1.165, 1.54) is 17.0 Å². The van der Waals surface area contributed by atoms with E-state index in [0.29, 0.717) is 18.8 Å². The summed E-state index contributed by atoms with van der Waals surface area (Å²) >= 11 is 6.88. The van der Waals surface area contributed by atoms with Gasteiger partial charge < -0.3 is 15.0 Å². The second-order valence-corrected chi connectivity index (χ2v) is 14.8. The van der Waals surface area contributed by atoms with E-state index in [1.807, 2.05) is 75.4 Å². The van der Waals surface area contributed by atoms with Crippen molar-refractivity contribution in [3.63, 3.8) is 0 Å². The van der Waals surface area contributed by atoms with E-state index in [4.69, 9.17) is 4.74 Å². The first kappa shape index (κ1) is 36.2. The van der Waals surface area contributed by atoms with Crippen LogP contribution in [0, 0.1) is 0 Å². The first-order valence-corrected chi connectivity index (χ1v) is 18.4. The van der Waals surface area contributed by atoms with Gasteiger partial charge in [0.15, 0.2) is 0 Å². The zero-order chi connectivity index (χ0) is 34.0. The molecule has 0 heterocycles. The van der Waals surface area contributed by atoms with E-state index in [-0.39, 0.29) is 35.5 Å². The minimum Gasteiger partial charge on any atom is -0.494 e. The number of benzene rings is 4. The number of halogens is 2. The van der Waals surface area contributed by atoms with E-state index < -0.39 is 28.5 Å². The van der Waals surface area contributed by atoms with E-state index in [9.17, 15) is 18.0 Å². The number of carbonyl (C=O) groups is 2. The average Bonchev–Trinajstić information content (AvgIpc) is 3.06. The summed E-state index contributed by atoms with van der Waals surface area (Å²) in [6.45, 7) is 5.74. The standard InChI is InChI=1S/C36H39Br2N3O5S/c1-4-26(3)39-36(43)34(23-27-10-7-6-8-11-27)40(24-28-12-9-13-30(38)22-28)35(42)25-41(31-16-18-32(19-17-31)46-5-2)47(44,45)33-20-14-29(37)15-21-33/h6-22,26,34H,4-5,23-25H2,1-3H3,(H,39,43). The molecule has 248 valence electrons. The molecule has 2 amide bonds. The van der Waals surface area contributed by atoms with Gasteiger partial charge in [0.2, 0.25) is 11.8 Å². The lowest BCUT2D eigenvalue weighted by Crippen LogP contribution is -2.54. The zero-order valence-electron chi connectivity index (χ0n) is 26.6. The van der Waals surface area contributed by atoms with Crippen molar-refractivity contribution in [3.8, 4) is 5.75 Å². The Bertz CT molecular complexity index is 1740. The van der Waals surface area contributed by atoms with E-state index >= 15 is 0 Å². The van der Waals surface area contributed by atoms with Crippen LogP contribution >= 0.6 is 31.9 Å². The van der Waals surface area contributed by atoms with Crippen LogP contribution in [0.15, 0.2) is 117 Å². The van der Waals surface area contributed by atoms with E-state index in [1.54, 1.807) is 36.4 Å². The van der Waals surface area contributed by atoms with E-state index in [2.05, 4.69) is 37.2 Å². The molecule has 0 bridgehead atoms. The van der Waals surface area contributed by atoms with E-state index in [0.717, 1.165) is 24.4 Å². The molecule has 0 radical (unpaired) electrons. The Morgan fingerprint density at radius 1 is 0.830 bits per heavy atom. The third-order valence-corrected chi connectivity index (χ3v) is 10.4. The third kappa shape index (κ3) is 9.92. The molecule has 0 fully saturated rings. The third-order valence-electron chi connectivity index (χ3n) is 7.63. The maximum Gasteiger partial charge on any atom is 0.264 e. The summed E-state index contributed by atoms with van der Waals surface area (Å²) in [5.41, 5.74) is 1.94. The van der Waals surface area contributed by atoms with Crippen molar-refractivity contribution in [2.75, 3.05) is 17.5 Å². The quantitative estimate of drug-likeness (QED) is 0.136. The van der Waals surface area contributed by atoms with Gasteiger partial charge in [-0.2, -0.15) is 0 Å². The van der Waals surface area contributed by atoms with Crippen molar-refractivity contribution in [1.82, 2.24) is 10.2 Å². The highest BCUT2D eigenvalue weighted by atomic mass is 79.9. The highest BCUT2D eigenvalue weighted by molar-refractivity contribution is 9.10. The predicted molar refractivity (Wildman–Crippen MR) is 193 cm³/mol. The number of ether oxygens (including phenoxy) is 1. The number of sulfonamides is 1. The number of nitrogens with zero attached hydrogens (tertiary/aromatic N) is 2. The molecule has 1 N–H and O–H groups in total. The van der Waals surface area contributed by atoms with Crippen LogP contribution < -0.4 is 14.4 Å². The van der Waals surface area contributed by atoms with Gasteiger partial charge in [-0.15, -0.1) is 0 Å². The number of carbonyl (C=O) groups excluding carboxylic acids is 2. The Morgan fingerprint density at radius 3 is 2.11 bits per heavy atom. The number of rotatable bonds is 15. The number of nitrogens with one attached hydrogen (secondary N) is 1. The van der Waals surface area contributed by atoms with Crippen molar-refractivity contribution in [2.24, 2.45) is 0 Å². The van der Waals surface area contributed by atoms with Crippen molar-refractivity contribution in [1.29, 1.82) is 0 Å². The Hall–Kier alpha value is -3.67. The summed E-state index contributed by atoms with van der Waals surface area (Å²) in [5.74, 6) is -0.265. The monoisotopic (exact) mass is 783 g/mol. The van der Waals surface area contributed by atoms with Gasteiger partial charge in [0.05, 0.1) is 17.2 Å². The van der Waals surface area contributed by atoms with Gasteiger partial charge in [-0.1, -0.05) is 81.2 Å². The van der Waals surface area contributed by atoms with Gasteiger partial charge in [0, 0.05) is 28.0 Å². The summed E-state index contributed by atoms with van der Waals surface area (Å²) in [5, 5.41) is 3.05. The molecular weight excluding hydrogens is 746 g/mol. The van der Waals surface area contributed by atoms with Crippen molar-refractivity contribution in [3.05, 3.63) is 123 Å². The molecule has 0 saturated carbocycles. The fraction of sp³-hybridized carbons (Fsp3) is 0.278. The molecule has 0 aliphatic heterocycles. The summed E-state index contributed by atoms with van der Waals surface area (Å²) in [6, 6.07) is 28.8. The lowest BCUT2D eigenvalue weighted by Gasteiger charge is -2.34. The number of hydrogen-bond donors (Lipinski definition) is 1. The lowest BCUT2D eigenvalue weighted by atomic mass is 10.0. The van der Waals surface area contributed by atoms with Gasteiger partial charge >= 0.3 is 0 Å². The average molecular weight is 786 g/mol. The highest BCUT2D eigenvalue weighted by Gasteiger charge is 2.35. The van der Waals surface area contributed by atoms with Crippen LogP contribution in [-0.2, 0) is 32.6 Å².